The molecular formula is C22H22BrF3O. The first kappa shape index (κ1) is 18.9. The van der Waals surface area contributed by atoms with Crippen molar-refractivity contribution in [3.63, 3.8) is 0 Å². The molecule has 2 aromatic rings. The Bertz CT molecular complexity index is 915. The van der Waals surface area contributed by atoms with E-state index in [1.165, 1.54) is 6.07 Å². The van der Waals surface area contributed by atoms with Gasteiger partial charge in [0.25, 0.3) is 0 Å². The third kappa shape index (κ3) is 3.18. The Morgan fingerprint density at radius 3 is 1.96 bits per heavy atom. The Morgan fingerprint density at radius 2 is 1.37 bits per heavy atom. The molecule has 144 valence electrons. The minimum absolute atomic E-state index is 0.0749. The number of aryl methyl sites for hydroxylation is 2. The van der Waals surface area contributed by atoms with Gasteiger partial charge in [0, 0.05) is 5.56 Å². The number of hydrogen-bond acceptors (Lipinski definition) is 1. The molecule has 1 N–H and O–H groups in total. The van der Waals surface area contributed by atoms with Crippen molar-refractivity contribution in [2.75, 3.05) is 0 Å². The zero-order valence-electron chi connectivity index (χ0n) is 15.3. The van der Waals surface area contributed by atoms with E-state index >= 15 is 0 Å². The Labute approximate surface area is 165 Å². The maximum Gasteiger partial charge on any atom is 0.416 e. The molecule has 0 unspecified atom stereocenters. The molecule has 0 bridgehead atoms. The lowest BCUT2D eigenvalue weighted by molar-refractivity contribution is -0.138. The summed E-state index contributed by atoms with van der Waals surface area (Å²) in [5, 5.41) is 10.9. The monoisotopic (exact) mass is 438 g/mol. The van der Waals surface area contributed by atoms with Crippen LogP contribution in [0.5, 0.6) is 5.75 Å². The topological polar surface area (TPSA) is 20.2 Å². The molecule has 0 atom stereocenters. The van der Waals surface area contributed by atoms with E-state index in [1.807, 2.05) is 6.07 Å². The van der Waals surface area contributed by atoms with Crippen LogP contribution in [0.3, 0.4) is 0 Å². The van der Waals surface area contributed by atoms with E-state index in [4.69, 9.17) is 0 Å². The highest BCUT2D eigenvalue weighted by atomic mass is 79.9. The number of halogens is 4. The van der Waals surface area contributed by atoms with E-state index in [0.717, 1.165) is 67.2 Å². The van der Waals surface area contributed by atoms with Crippen LogP contribution in [-0.2, 0) is 31.9 Å². The molecule has 2 aliphatic rings. The van der Waals surface area contributed by atoms with Crippen molar-refractivity contribution in [3.05, 3.63) is 50.0 Å². The molecular weight excluding hydrogens is 417 g/mol. The molecule has 0 radical (unpaired) electrons. The van der Waals surface area contributed by atoms with Gasteiger partial charge in [-0.05, 0) is 120 Å². The average molecular weight is 439 g/mol. The number of fused-ring (bicyclic) bond motifs is 2. The number of phenols is 1. The summed E-state index contributed by atoms with van der Waals surface area (Å²) in [5.41, 5.74) is 4.87. The lowest BCUT2D eigenvalue weighted by Crippen LogP contribution is -2.15. The predicted octanol–water partition coefficient (Wildman–Crippen LogP) is 6.91. The second-order valence-electron chi connectivity index (χ2n) is 7.69. The molecule has 1 nitrogen and oxygen atoms in total. The van der Waals surface area contributed by atoms with Gasteiger partial charge in [-0.1, -0.05) is 0 Å². The standard InChI is InChI=1S/C22H22BrF3O/c1-12-17(22(24,25)26)10-13-6-2-4-8-15(13)19(12)20-16-9-5-3-7-14(16)11-18(23)21(20)27/h10-11,27H,2-9H2,1H3. The molecule has 5 heteroatoms. The Kier molecular flexibility index (Phi) is 4.77. The summed E-state index contributed by atoms with van der Waals surface area (Å²) >= 11 is 3.43. The van der Waals surface area contributed by atoms with Crippen molar-refractivity contribution in [2.45, 2.75) is 64.5 Å². The normalized spacial score (nSPS) is 16.8. The van der Waals surface area contributed by atoms with Crippen LogP contribution in [0.15, 0.2) is 16.6 Å². The Balaban J connectivity index is 2.10. The minimum Gasteiger partial charge on any atom is -0.506 e. The summed E-state index contributed by atoms with van der Waals surface area (Å²) in [6.07, 6.45) is 2.71. The van der Waals surface area contributed by atoms with E-state index < -0.39 is 11.7 Å². The highest BCUT2D eigenvalue weighted by molar-refractivity contribution is 9.10. The van der Waals surface area contributed by atoms with E-state index in [1.54, 1.807) is 6.92 Å². The minimum atomic E-state index is -4.40. The van der Waals surface area contributed by atoms with E-state index in [-0.39, 0.29) is 11.3 Å². The maximum atomic E-state index is 13.8. The lowest BCUT2D eigenvalue weighted by Gasteiger charge is -2.28. The molecule has 0 heterocycles. The van der Waals surface area contributed by atoms with Crippen molar-refractivity contribution in [1.29, 1.82) is 0 Å². The van der Waals surface area contributed by atoms with Crippen LogP contribution in [0.1, 0.15) is 59.1 Å². The molecule has 0 spiro atoms. The van der Waals surface area contributed by atoms with E-state index in [0.29, 0.717) is 22.0 Å². The highest BCUT2D eigenvalue weighted by Gasteiger charge is 2.36. The van der Waals surface area contributed by atoms with Gasteiger partial charge in [0.1, 0.15) is 5.75 Å². The first-order chi connectivity index (χ1) is 12.8. The van der Waals surface area contributed by atoms with Gasteiger partial charge in [0.15, 0.2) is 0 Å². The van der Waals surface area contributed by atoms with Crippen LogP contribution in [0.25, 0.3) is 11.1 Å². The number of alkyl halides is 3. The molecule has 4 rings (SSSR count). The number of benzene rings is 2. The van der Waals surface area contributed by atoms with Gasteiger partial charge >= 0.3 is 6.18 Å². The van der Waals surface area contributed by atoms with Crippen molar-refractivity contribution >= 4 is 15.9 Å². The fraction of sp³-hybridized carbons (Fsp3) is 0.455. The molecule has 0 fully saturated rings. The molecule has 2 aromatic carbocycles. The van der Waals surface area contributed by atoms with Crippen LogP contribution >= 0.6 is 15.9 Å². The van der Waals surface area contributed by atoms with E-state index in [9.17, 15) is 18.3 Å². The van der Waals surface area contributed by atoms with Crippen LogP contribution in [0.2, 0.25) is 0 Å². The Morgan fingerprint density at radius 1 is 0.852 bits per heavy atom. The third-order valence-corrected chi connectivity index (χ3v) is 6.65. The molecule has 2 aliphatic carbocycles. The van der Waals surface area contributed by atoms with Gasteiger partial charge in [-0.2, -0.15) is 13.2 Å². The summed E-state index contributed by atoms with van der Waals surface area (Å²) in [4.78, 5) is 0. The van der Waals surface area contributed by atoms with Gasteiger partial charge in [-0.3, -0.25) is 0 Å². The summed E-state index contributed by atoms with van der Waals surface area (Å²) < 4.78 is 41.9. The molecule has 0 amide bonds. The fourth-order valence-electron chi connectivity index (χ4n) is 4.78. The first-order valence-corrected chi connectivity index (χ1v) is 10.3. The first-order valence-electron chi connectivity index (χ1n) is 9.55. The number of hydrogen-bond donors (Lipinski definition) is 1. The quantitative estimate of drug-likeness (QED) is 0.512. The zero-order chi connectivity index (χ0) is 19.3. The van der Waals surface area contributed by atoms with Crippen LogP contribution < -0.4 is 0 Å². The smallest absolute Gasteiger partial charge is 0.416 e. The molecule has 27 heavy (non-hydrogen) atoms. The van der Waals surface area contributed by atoms with Crippen LogP contribution in [0.4, 0.5) is 13.2 Å². The molecule has 0 aliphatic heterocycles. The van der Waals surface area contributed by atoms with E-state index in [2.05, 4.69) is 15.9 Å². The van der Waals surface area contributed by atoms with Gasteiger partial charge in [0.2, 0.25) is 0 Å². The summed E-state index contributed by atoms with van der Waals surface area (Å²) in [6, 6.07) is 3.28. The largest absolute Gasteiger partial charge is 0.506 e. The predicted molar refractivity (Wildman–Crippen MR) is 104 cm³/mol. The summed E-state index contributed by atoms with van der Waals surface area (Å²) in [5.74, 6) is 0.0749. The molecule has 0 saturated heterocycles. The third-order valence-electron chi connectivity index (χ3n) is 6.04. The SMILES string of the molecule is Cc1c(C(F)(F)F)cc2c(c1-c1c(O)c(Br)cc3c1CCCC3)CCCC2. The lowest BCUT2D eigenvalue weighted by atomic mass is 9.77. The van der Waals surface area contributed by atoms with Crippen molar-refractivity contribution in [3.8, 4) is 16.9 Å². The van der Waals surface area contributed by atoms with Crippen molar-refractivity contribution in [2.24, 2.45) is 0 Å². The Hall–Kier alpha value is -1.49. The average Bonchev–Trinajstić information content (AvgIpc) is 2.62. The van der Waals surface area contributed by atoms with Crippen molar-refractivity contribution in [1.82, 2.24) is 0 Å². The number of phenolic OH excluding ortho intramolecular Hbond substituents is 1. The second kappa shape index (κ2) is 6.84. The van der Waals surface area contributed by atoms with Gasteiger partial charge < -0.3 is 5.11 Å². The highest BCUT2D eigenvalue weighted by Crippen LogP contribution is 2.49. The van der Waals surface area contributed by atoms with Gasteiger partial charge in [-0.25, -0.2) is 0 Å². The van der Waals surface area contributed by atoms with Crippen molar-refractivity contribution < 1.29 is 18.3 Å². The molecule has 0 aromatic heterocycles. The summed E-state index contributed by atoms with van der Waals surface area (Å²) in [6.45, 7) is 1.56. The second-order valence-corrected chi connectivity index (χ2v) is 8.55. The number of aromatic hydroxyl groups is 1. The van der Waals surface area contributed by atoms with Crippen LogP contribution in [0, 0.1) is 6.92 Å². The molecule has 0 saturated carbocycles. The van der Waals surface area contributed by atoms with Gasteiger partial charge in [0.05, 0.1) is 10.0 Å². The number of rotatable bonds is 1. The van der Waals surface area contributed by atoms with Gasteiger partial charge in [-0.15, -0.1) is 0 Å². The van der Waals surface area contributed by atoms with Crippen LogP contribution in [-0.4, -0.2) is 5.11 Å². The summed E-state index contributed by atoms with van der Waals surface area (Å²) in [7, 11) is 0. The zero-order valence-corrected chi connectivity index (χ0v) is 16.9. The fourth-order valence-corrected chi connectivity index (χ4v) is 5.25. The maximum absolute atomic E-state index is 13.8.